The molecule has 0 bridgehead atoms. The molecule has 0 spiro atoms. The first-order chi connectivity index (χ1) is 19.9. The predicted molar refractivity (Wildman–Crippen MR) is 165 cm³/mol. The van der Waals surface area contributed by atoms with Crippen LogP contribution in [-0.2, 0) is 9.59 Å². The van der Waals surface area contributed by atoms with Crippen molar-refractivity contribution in [2.75, 3.05) is 23.0 Å². The Kier molecular flexibility index (Phi) is 10.6. The normalized spacial score (nSPS) is 10.9. The molecular weight excluding hydrogens is 558 g/mol. The molecule has 41 heavy (non-hydrogen) atoms. The summed E-state index contributed by atoms with van der Waals surface area (Å²) in [5.74, 6) is -0.155. The van der Waals surface area contributed by atoms with Crippen LogP contribution in [0, 0.1) is 0 Å². The molecule has 0 radical (unpaired) electrons. The highest BCUT2D eigenvalue weighted by Gasteiger charge is 2.15. The van der Waals surface area contributed by atoms with Crippen LogP contribution < -0.4 is 20.7 Å². The van der Waals surface area contributed by atoms with Gasteiger partial charge in [0.15, 0.2) is 0 Å². The minimum Gasteiger partial charge on any atom is -0.494 e. The maximum atomic E-state index is 13.3. The molecule has 0 atom stereocenters. The summed E-state index contributed by atoms with van der Waals surface area (Å²) in [7, 11) is 0. The Morgan fingerprint density at radius 1 is 0.829 bits per heavy atom. The van der Waals surface area contributed by atoms with Crippen LogP contribution in [0.25, 0.3) is 6.08 Å². The van der Waals surface area contributed by atoms with Gasteiger partial charge in [-0.1, -0.05) is 48.0 Å². The van der Waals surface area contributed by atoms with Crippen molar-refractivity contribution in [3.63, 3.8) is 0 Å². The first-order valence-corrected chi connectivity index (χ1v) is 14.2. The molecule has 9 heteroatoms. The molecule has 0 saturated heterocycles. The van der Waals surface area contributed by atoms with Gasteiger partial charge in [0.25, 0.3) is 11.8 Å². The Morgan fingerprint density at radius 2 is 1.56 bits per heavy atom. The van der Waals surface area contributed by atoms with Gasteiger partial charge in [-0.05, 0) is 85.3 Å². The monoisotopic (exact) mass is 585 g/mol. The van der Waals surface area contributed by atoms with Crippen molar-refractivity contribution in [3.8, 4) is 5.75 Å². The lowest BCUT2D eigenvalue weighted by Gasteiger charge is -2.12. The summed E-state index contributed by atoms with van der Waals surface area (Å²) in [6.07, 6.45) is 1.58. The second-order valence-corrected chi connectivity index (χ2v) is 10.2. The quantitative estimate of drug-likeness (QED) is 0.132. The molecule has 0 aliphatic heterocycles. The largest absolute Gasteiger partial charge is 0.494 e. The molecule has 0 aliphatic rings. The summed E-state index contributed by atoms with van der Waals surface area (Å²) < 4.78 is 5.42. The van der Waals surface area contributed by atoms with Crippen molar-refractivity contribution in [2.45, 2.75) is 11.8 Å². The van der Waals surface area contributed by atoms with Gasteiger partial charge in [-0.25, -0.2) is 0 Å². The average Bonchev–Trinajstić information content (AvgIpc) is 2.98. The molecule has 4 rings (SSSR count). The number of rotatable bonds is 11. The first kappa shape index (κ1) is 29.5. The SMILES string of the molecule is CCOc1ccc(NC(=O)CSc2cccc(NC(=O)/C(=C/c3ccc(Cl)cc3)NC(=O)c3ccccc3)c2)cc1. The van der Waals surface area contributed by atoms with Crippen molar-refractivity contribution in [2.24, 2.45) is 0 Å². The zero-order valence-electron chi connectivity index (χ0n) is 22.2. The second-order valence-electron chi connectivity index (χ2n) is 8.71. The predicted octanol–water partition coefficient (Wildman–Crippen LogP) is 6.88. The molecule has 4 aromatic rings. The molecular formula is C32H28ClN3O4S. The number of anilines is 2. The van der Waals surface area contributed by atoms with E-state index in [1.165, 1.54) is 11.8 Å². The van der Waals surface area contributed by atoms with Crippen LogP contribution in [0.3, 0.4) is 0 Å². The number of hydrogen-bond acceptors (Lipinski definition) is 5. The van der Waals surface area contributed by atoms with Gasteiger partial charge >= 0.3 is 0 Å². The number of carbonyl (C=O) groups excluding carboxylic acids is 3. The van der Waals surface area contributed by atoms with Crippen LogP contribution in [0.15, 0.2) is 114 Å². The van der Waals surface area contributed by atoms with Gasteiger partial charge in [-0.2, -0.15) is 0 Å². The number of thioether (sulfide) groups is 1. The lowest BCUT2D eigenvalue weighted by Crippen LogP contribution is -2.30. The molecule has 3 N–H and O–H groups in total. The lowest BCUT2D eigenvalue weighted by molar-refractivity contribution is -0.114. The summed E-state index contributed by atoms with van der Waals surface area (Å²) >= 11 is 7.33. The number of ether oxygens (including phenoxy) is 1. The van der Waals surface area contributed by atoms with Crippen molar-refractivity contribution < 1.29 is 19.1 Å². The van der Waals surface area contributed by atoms with E-state index in [1.807, 2.05) is 19.1 Å². The van der Waals surface area contributed by atoms with E-state index in [1.54, 1.807) is 97.1 Å². The third-order valence-electron chi connectivity index (χ3n) is 5.62. The van der Waals surface area contributed by atoms with Gasteiger partial charge in [0, 0.05) is 26.9 Å². The molecule has 0 fully saturated rings. The van der Waals surface area contributed by atoms with Gasteiger partial charge in [0.05, 0.1) is 12.4 Å². The van der Waals surface area contributed by atoms with E-state index in [4.69, 9.17) is 16.3 Å². The van der Waals surface area contributed by atoms with Crippen LogP contribution in [-0.4, -0.2) is 30.1 Å². The number of halogens is 1. The van der Waals surface area contributed by atoms with Crippen LogP contribution in [0.5, 0.6) is 5.75 Å². The first-order valence-electron chi connectivity index (χ1n) is 12.8. The van der Waals surface area contributed by atoms with Crippen LogP contribution in [0.1, 0.15) is 22.8 Å². The van der Waals surface area contributed by atoms with Crippen molar-refractivity contribution in [1.29, 1.82) is 0 Å². The topological polar surface area (TPSA) is 96.5 Å². The van der Waals surface area contributed by atoms with Crippen molar-refractivity contribution >= 4 is 58.5 Å². The van der Waals surface area contributed by atoms with Crippen LogP contribution in [0.2, 0.25) is 5.02 Å². The summed E-state index contributed by atoms with van der Waals surface area (Å²) in [5, 5.41) is 8.98. The van der Waals surface area contributed by atoms with E-state index in [0.717, 1.165) is 10.6 Å². The number of benzene rings is 4. The fourth-order valence-electron chi connectivity index (χ4n) is 3.68. The van der Waals surface area contributed by atoms with Crippen molar-refractivity contribution in [1.82, 2.24) is 5.32 Å². The molecule has 4 aromatic carbocycles. The maximum Gasteiger partial charge on any atom is 0.272 e. The minimum atomic E-state index is -0.500. The number of amides is 3. The van der Waals surface area contributed by atoms with Gasteiger partial charge in [-0.15, -0.1) is 11.8 Å². The zero-order valence-corrected chi connectivity index (χ0v) is 23.8. The fourth-order valence-corrected chi connectivity index (χ4v) is 4.56. The van der Waals surface area contributed by atoms with Gasteiger partial charge < -0.3 is 20.7 Å². The molecule has 0 heterocycles. The summed E-state index contributed by atoms with van der Waals surface area (Å²) in [6.45, 7) is 2.48. The minimum absolute atomic E-state index is 0.0639. The number of carbonyl (C=O) groups is 3. The van der Waals surface area contributed by atoms with E-state index in [9.17, 15) is 14.4 Å². The summed E-state index contributed by atoms with van der Waals surface area (Å²) in [5.41, 5.74) is 2.37. The van der Waals surface area contributed by atoms with E-state index in [2.05, 4.69) is 16.0 Å². The maximum absolute atomic E-state index is 13.3. The van der Waals surface area contributed by atoms with E-state index in [-0.39, 0.29) is 17.4 Å². The zero-order chi connectivity index (χ0) is 29.0. The Morgan fingerprint density at radius 3 is 2.27 bits per heavy atom. The molecule has 208 valence electrons. The molecule has 0 unspecified atom stereocenters. The Balaban J connectivity index is 1.41. The highest BCUT2D eigenvalue weighted by atomic mass is 35.5. The molecule has 3 amide bonds. The fraction of sp³-hybridized carbons (Fsp3) is 0.0938. The van der Waals surface area contributed by atoms with Crippen molar-refractivity contribution in [3.05, 3.63) is 125 Å². The molecule has 0 saturated carbocycles. The highest BCUT2D eigenvalue weighted by molar-refractivity contribution is 8.00. The summed E-state index contributed by atoms with van der Waals surface area (Å²) in [6, 6.07) is 29.9. The van der Waals surface area contributed by atoms with Crippen LogP contribution in [0.4, 0.5) is 11.4 Å². The molecule has 0 aliphatic carbocycles. The van der Waals surface area contributed by atoms with Gasteiger partial charge in [0.2, 0.25) is 5.91 Å². The smallest absolute Gasteiger partial charge is 0.272 e. The Labute approximate surface area is 248 Å². The van der Waals surface area contributed by atoms with E-state index < -0.39 is 11.8 Å². The molecule has 7 nitrogen and oxygen atoms in total. The summed E-state index contributed by atoms with van der Waals surface area (Å²) in [4.78, 5) is 39.4. The molecule has 0 aromatic heterocycles. The standard InChI is InChI=1S/C32H28ClN3O4S/c1-2-40-27-17-15-25(16-18-27)34-30(37)21-41-28-10-6-9-26(20-28)35-32(39)29(19-22-11-13-24(33)14-12-22)36-31(38)23-7-4-3-5-8-23/h3-20H,2,21H2,1H3,(H,34,37)(H,35,39)(H,36,38)/b29-19-. The van der Waals surface area contributed by atoms with E-state index in [0.29, 0.717) is 34.1 Å². The highest BCUT2D eigenvalue weighted by Crippen LogP contribution is 2.23. The number of hydrogen-bond donors (Lipinski definition) is 3. The van der Waals surface area contributed by atoms with Crippen LogP contribution >= 0.6 is 23.4 Å². The Bertz CT molecular complexity index is 1530. The van der Waals surface area contributed by atoms with Gasteiger partial charge in [0.1, 0.15) is 11.4 Å². The third-order valence-corrected chi connectivity index (χ3v) is 6.87. The van der Waals surface area contributed by atoms with Gasteiger partial charge in [-0.3, -0.25) is 14.4 Å². The third kappa shape index (κ3) is 9.27. The van der Waals surface area contributed by atoms with E-state index >= 15 is 0 Å². The average molecular weight is 586 g/mol. The second kappa shape index (κ2) is 14.7. The number of nitrogens with one attached hydrogen (secondary N) is 3. The Hall–Kier alpha value is -4.53. The lowest BCUT2D eigenvalue weighted by atomic mass is 10.1.